The minimum Gasteiger partial charge on any atom is -0.329 e. The van der Waals surface area contributed by atoms with Gasteiger partial charge in [-0.15, -0.1) is 0 Å². The lowest BCUT2D eigenvalue weighted by molar-refractivity contribution is 0.777. The standard InChI is InChI=1S/C10H10N4/c1-7(5-11)10-13-8-3-4-12-6-9(8)14(10)2/h3-4,6-7H,1-2H3. The zero-order valence-corrected chi connectivity index (χ0v) is 8.10. The Balaban J connectivity index is 2.70. The average molecular weight is 186 g/mol. The van der Waals surface area contributed by atoms with Crippen molar-refractivity contribution in [2.24, 2.45) is 7.05 Å². The molecule has 2 aromatic heterocycles. The third-order valence-corrected chi connectivity index (χ3v) is 2.30. The molecule has 0 aliphatic carbocycles. The van der Waals surface area contributed by atoms with Crippen molar-refractivity contribution in [3.05, 3.63) is 24.3 Å². The van der Waals surface area contributed by atoms with Crippen molar-refractivity contribution < 1.29 is 0 Å². The summed E-state index contributed by atoms with van der Waals surface area (Å²) in [6.07, 6.45) is 3.46. The molecule has 4 nitrogen and oxygen atoms in total. The molecule has 1 unspecified atom stereocenters. The van der Waals surface area contributed by atoms with Crippen LogP contribution in [0.3, 0.4) is 0 Å². The molecule has 2 aromatic rings. The van der Waals surface area contributed by atoms with Gasteiger partial charge in [-0.2, -0.15) is 5.26 Å². The van der Waals surface area contributed by atoms with E-state index in [1.165, 1.54) is 0 Å². The Morgan fingerprint density at radius 1 is 1.57 bits per heavy atom. The second kappa shape index (κ2) is 3.11. The average Bonchev–Trinajstić information content (AvgIpc) is 2.56. The first-order chi connectivity index (χ1) is 6.74. The number of aryl methyl sites for hydroxylation is 1. The van der Waals surface area contributed by atoms with Crippen LogP contribution in [0.15, 0.2) is 18.5 Å². The van der Waals surface area contributed by atoms with Gasteiger partial charge in [0, 0.05) is 13.2 Å². The van der Waals surface area contributed by atoms with Crippen LogP contribution >= 0.6 is 0 Å². The smallest absolute Gasteiger partial charge is 0.126 e. The quantitative estimate of drug-likeness (QED) is 0.679. The van der Waals surface area contributed by atoms with Gasteiger partial charge in [0.05, 0.1) is 23.3 Å². The molecule has 0 aromatic carbocycles. The first-order valence-electron chi connectivity index (χ1n) is 4.40. The summed E-state index contributed by atoms with van der Waals surface area (Å²) < 4.78 is 1.91. The van der Waals surface area contributed by atoms with E-state index in [0.717, 1.165) is 16.9 Å². The van der Waals surface area contributed by atoms with Gasteiger partial charge in [-0.25, -0.2) is 4.98 Å². The van der Waals surface area contributed by atoms with Crippen molar-refractivity contribution >= 4 is 11.0 Å². The van der Waals surface area contributed by atoms with Crippen LogP contribution in [0.4, 0.5) is 0 Å². The number of pyridine rings is 1. The number of rotatable bonds is 1. The summed E-state index contributed by atoms with van der Waals surface area (Å²) >= 11 is 0. The van der Waals surface area contributed by atoms with E-state index in [4.69, 9.17) is 5.26 Å². The summed E-state index contributed by atoms with van der Waals surface area (Å²) in [6, 6.07) is 4.03. The van der Waals surface area contributed by atoms with E-state index in [9.17, 15) is 0 Å². The van der Waals surface area contributed by atoms with Gasteiger partial charge in [0.15, 0.2) is 0 Å². The summed E-state index contributed by atoms with van der Waals surface area (Å²) in [6.45, 7) is 1.84. The van der Waals surface area contributed by atoms with E-state index < -0.39 is 0 Å². The second-order valence-corrected chi connectivity index (χ2v) is 3.24. The SMILES string of the molecule is CC(C#N)c1nc2ccncc2n1C. The monoisotopic (exact) mass is 186 g/mol. The van der Waals surface area contributed by atoms with Crippen molar-refractivity contribution in [2.45, 2.75) is 12.8 Å². The molecular weight excluding hydrogens is 176 g/mol. The molecule has 4 heteroatoms. The number of nitriles is 1. The Labute approximate surface area is 81.8 Å². The maximum absolute atomic E-state index is 8.82. The number of hydrogen-bond donors (Lipinski definition) is 0. The van der Waals surface area contributed by atoms with Gasteiger partial charge >= 0.3 is 0 Å². The summed E-state index contributed by atoms with van der Waals surface area (Å²) in [7, 11) is 1.90. The summed E-state index contributed by atoms with van der Waals surface area (Å²) in [5.74, 6) is 0.600. The van der Waals surface area contributed by atoms with Gasteiger partial charge in [-0.05, 0) is 13.0 Å². The third-order valence-electron chi connectivity index (χ3n) is 2.30. The lowest BCUT2D eigenvalue weighted by atomic mass is 10.2. The maximum Gasteiger partial charge on any atom is 0.126 e. The number of hydrogen-bond acceptors (Lipinski definition) is 3. The molecule has 2 heterocycles. The molecule has 14 heavy (non-hydrogen) atoms. The minimum atomic E-state index is -0.188. The van der Waals surface area contributed by atoms with E-state index in [2.05, 4.69) is 16.0 Å². The van der Waals surface area contributed by atoms with Crippen molar-refractivity contribution in [3.63, 3.8) is 0 Å². The fourth-order valence-corrected chi connectivity index (χ4v) is 1.50. The second-order valence-electron chi connectivity index (χ2n) is 3.24. The van der Waals surface area contributed by atoms with E-state index in [1.54, 1.807) is 12.4 Å². The Bertz CT molecular complexity index is 506. The van der Waals surface area contributed by atoms with Gasteiger partial charge < -0.3 is 4.57 Å². The normalized spacial score (nSPS) is 12.6. The molecule has 0 aliphatic heterocycles. The molecule has 0 N–H and O–H groups in total. The summed E-state index contributed by atoms with van der Waals surface area (Å²) in [4.78, 5) is 8.41. The fourth-order valence-electron chi connectivity index (χ4n) is 1.50. The van der Waals surface area contributed by atoms with Gasteiger partial charge in [0.2, 0.25) is 0 Å². The van der Waals surface area contributed by atoms with Crippen LogP contribution in [0.25, 0.3) is 11.0 Å². The number of aromatic nitrogens is 3. The van der Waals surface area contributed by atoms with Crippen LogP contribution < -0.4 is 0 Å². The Kier molecular flexibility index (Phi) is 1.93. The fraction of sp³-hybridized carbons (Fsp3) is 0.300. The molecule has 0 spiro atoms. The number of fused-ring (bicyclic) bond motifs is 1. The molecule has 0 bridgehead atoms. The van der Waals surface area contributed by atoms with E-state index in [-0.39, 0.29) is 5.92 Å². The van der Waals surface area contributed by atoms with E-state index in [0.29, 0.717) is 0 Å². The van der Waals surface area contributed by atoms with Crippen molar-refractivity contribution in [3.8, 4) is 6.07 Å². The summed E-state index contributed by atoms with van der Waals surface area (Å²) in [5, 5.41) is 8.82. The first-order valence-corrected chi connectivity index (χ1v) is 4.40. The van der Waals surface area contributed by atoms with Crippen LogP contribution in [-0.2, 0) is 7.05 Å². The minimum absolute atomic E-state index is 0.188. The highest BCUT2D eigenvalue weighted by atomic mass is 15.1. The molecule has 70 valence electrons. The molecule has 2 rings (SSSR count). The van der Waals surface area contributed by atoms with Crippen LogP contribution in [-0.4, -0.2) is 14.5 Å². The predicted octanol–water partition coefficient (Wildman–Crippen LogP) is 1.60. The lowest BCUT2D eigenvalue weighted by Crippen LogP contribution is -2.00. The van der Waals surface area contributed by atoms with Crippen molar-refractivity contribution in [1.82, 2.24) is 14.5 Å². The number of nitrogens with zero attached hydrogens (tertiary/aromatic N) is 4. The topological polar surface area (TPSA) is 54.5 Å². The van der Waals surface area contributed by atoms with Crippen LogP contribution in [0.2, 0.25) is 0 Å². The molecular formula is C10H10N4. The number of imidazole rings is 1. The molecule has 0 aliphatic rings. The molecule has 0 fully saturated rings. The third kappa shape index (κ3) is 1.14. The largest absolute Gasteiger partial charge is 0.329 e. The van der Waals surface area contributed by atoms with Gasteiger partial charge in [0.1, 0.15) is 11.7 Å². The molecule has 1 atom stereocenters. The van der Waals surface area contributed by atoms with Crippen LogP contribution in [0.1, 0.15) is 18.7 Å². The van der Waals surface area contributed by atoms with Crippen LogP contribution in [0.5, 0.6) is 0 Å². The van der Waals surface area contributed by atoms with E-state index >= 15 is 0 Å². The predicted molar refractivity (Wildman–Crippen MR) is 52.5 cm³/mol. The van der Waals surface area contributed by atoms with Crippen LogP contribution in [0, 0.1) is 11.3 Å². The molecule has 0 saturated carbocycles. The van der Waals surface area contributed by atoms with Gasteiger partial charge in [-0.1, -0.05) is 0 Å². The molecule has 0 amide bonds. The van der Waals surface area contributed by atoms with Crippen molar-refractivity contribution in [2.75, 3.05) is 0 Å². The zero-order valence-electron chi connectivity index (χ0n) is 8.10. The Hall–Kier alpha value is -1.89. The van der Waals surface area contributed by atoms with Crippen molar-refractivity contribution in [1.29, 1.82) is 5.26 Å². The molecule has 0 saturated heterocycles. The highest BCUT2D eigenvalue weighted by molar-refractivity contribution is 5.74. The van der Waals surface area contributed by atoms with Gasteiger partial charge in [-0.3, -0.25) is 4.98 Å². The molecule has 0 radical (unpaired) electrons. The lowest BCUT2D eigenvalue weighted by Gasteiger charge is -2.01. The van der Waals surface area contributed by atoms with E-state index in [1.807, 2.05) is 24.6 Å². The summed E-state index contributed by atoms with van der Waals surface area (Å²) in [5.41, 5.74) is 1.85. The Morgan fingerprint density at radius 2 is 2.36 bits per heavy atom. The highest BCUT2D eigenvalue weighted by Crippen LogP contribution is 2.18. The zero-order chi connectivity index (χ0) is 10.1. The first kappa shape index (κ1) is 8.70. The highest BCUT2D eigenvalue weighted by Gasteiger charge is 2.13. The maximum atomic E-state index is 8.82. The Morgan fingerprint density at radius 3 is 3.00 bits per heavy atom. The van der Waals surface area contributed by atoms with Gasteiger partial charge in [0.25, 0.3) is 0 Å².